The first-order chi connectivity index (χ1) is 12.7. The third kappa shape index (κ3) is 3.10. The van der Waals surface area contributed by atoms with E-state index in [1.807, 2.05) is 25.1 Å². The predicted octanol–water partition coefficient (Wildman–Crippen LogP) is 5.12. The van der Waals surface area contributed by atoms with Crippen molar-refractivity contribution >= 4 is 22.2 Å². The van der Waals surface area contributed by atoms with Gasteiger partial charge in [-0.3, -0.25) is 0 Å². The number of para-hydroxylation sites is 1. The lowest BCUT2D eigenvalue weighted by molar-refractivity contribution is 0.414. The standard InChI is InChI=1S/C21H21N3OS/c1-14-8-10-16(11-9-14)19-12-18(17-6-4-5-7-20(17)25-3)23-24(19)21-22-15(2)13-26-21/h4-11,13,19H,12H2,1-3H3. The van der Waals surface area contributed by atoms with Crippen LogP contribution in [0.2, 0.25) is 0 Å². The Hall–Kier alpha value is -2.66. The van der Waals surface area contributed by atoms with Gasteiger partial charge in [0.15, 0.2) is 0 Å². The Morgan fingerprint density at radius 2 is 1.85 bits per heavy atom. The molecule has 0 fully saturated rings. The highest BCUT2D eigenvalue weighted by molar-refractivity contribution is 7.13. The lowest BCUT2D eigenvalue weighted by Crippen LogP contribution is -2.18. The molecule has 0 aliphatic carbocycles. The fourth-order valence-electron chi connectivity index (χ4n) is 3.23. The molecule has 2 aromatic carbocycles. The molecular weight excluding hydrogens is 342 g/mol. The van der Waals surface area contributed by atoms with Crippen molar-refractivity contribution in [3.63, 3.8) is 0 Å². The number of anilines is 1. The van der Waals surface area contributed by atoms with Gasteiger partial charge in [-0.1, -0.05) is 42.0 Å². The van der Waals surface area contributed by atoms with E-state index in [9.17, 15) is 0 Å². The normalized spacial score (nSPS) is 16.7. The van der Waals surface area contributed by atoms with E-state index >= 15 is 0 Å². The second-order valence-electron chi connectivity index (χ2n) is 6.49. The second-order valence-corrected chi connectivity index (χ2v) is 7.33. The van der Waals surface area contributed by atoms with Crippen molar-refractivity contribution < 1.29 is 4.74 Å². The van der Waals surface area contributed by atoms with Crippen molar-refractivity contribution in [3.8, 4) is 5.75 Å². The third-order valence-electron chi connectivity index (χ3n) is 4.59. The summed E-state index contributed by atoms with van der Waals surface area (Å²) in [5.74, 6) is 0.853. The number of rotatable bonds is 4. The minimum Gasteiger partial charge on any atom is -0.496 e. The van der Waals surface area contributed by atoms with E-state index in [0.29, 0.717) is 0 Å². The molecule has 0 radical (unpaired) electrons. The first-order valence-electron chi connectivity index (χ1n) is 8.64. The molecule has 0 bridgehead atoms. The van der Waals surface area contributed by atoms with Crippen molar-refractivity contribution in [3.05, 3.63) is 76.3 Å². The van der Waals surface area contributed by atoms with Crippen LogP contribution >= 0.6 is 11.3 Å². The van der Waals surface area contributed by atoms with Crippen LogP contribution in [0.1, 0.15) is 34.8 Å². The molecule has 4 nitrogen and oxygen atoms in total. The van der Waals surface area contributed by atoms with E-state index in [2.05, 4.69) is 52.6 Å². The van der Waals surface area contributed by atoms with E-state index in [1.54, 1.807) is 18.4 Å². The molecule has 1 atom stereocenters. The molecule has 26 heavy (non-hydrogen) atoms. The number of nitrogens with zero attached hydrogens (tertiary/aromatic N) is 3. The van der Waals surface area contributed by atoms with Gasteiger partial charge in [0.1, 0.15) is 5.75 Å². The van der Waals surface area contributed by atoms with E-state index in [1.165, 1.54) is 11.1 Å². The number of hydrogen-bond donors (Lipinski definition) is 0. The Morgan fingerprint density at radius 1 is 1.08 bits per heavy atom. The molecule has 1 aliphatic rings. The van der Waals surface area contributed by atoms with E-state index in [4.69, 9.17) is 9.84 Å². The Labute approximate surface area is 157 Å². The van der Waals surface area contributed by atoms with Crippen LogP contribution in [0.25, 0.3) is 0 Å². The van der Waals surface area contributed by atoms with E-state index in [-0.39, 0.29) is 6.04 Å². The number of thiazole rings is 1. The lowest BCUT2D eigenvalue weighted by Gasteiger charge is -2.21. The van der Waals surface area contributed by atoms with Gasteiger partial charge < -0.3 is 4.74 Å². The Balaban J connectivity index is 1.76. The first-order valence-corrected chi connectivity index (χ1v) is 9.52. The van der Waals surface area contributed by atoms with Gasteiger partial charge in [0.05, 0.1) is 24.6 Å². The van der Waals surface area contributed by atoms with Crippen molar-refractivity contribution in [2.45, 2.75) is 26.3 Å². The molecule has 2 heterocycles. The van der Waals surface area contributed by atoms with E-state index < -0.39 is 0 Å². The molecule has 1 unspecified atom stereocenters. The summed E-state index contributed by atoms with van der Waals surface area (Å²) in [6, 6.07) is 16.9. The fraction of sp³-hybridized carbons (Fsp3) is 0.238. The Kier molecular flexibility index (Phi) is 4.47. The summed E-state index contributed by atoms with van der Waals surface area (Å²) >= 11 is 1.63. The molecule has 1 aliphatic heterocycles. The summed E-state index contributed by atoms with van der Waals surface area (Å²) in [7, 11) is 1.70. The van der Waals surface area contributed by atoms with Crippen LogP contribution in [0.5, 0.6) is 5.75 Å². The number of hydrazone groups is 1. The highest BCUT2D eigenvalue weighted by Gasteiger charge is 2.32. The summed E-state index contributed by atoms with van der Waals surface area (Å²) in [5.41, 5.74) is 5.60. The summed E-state index contributed by atoms with van der Waals surface area (Å²) in [6.07, 6.45) is 0.821. The third-order valence-corrected chi connectivity index (χ3v) is 5.54. The van der Waals surface area contributed by atoms with Gasteiger partial charge in [0.2, 0.25) is 5.13 Å². The summed E-state index contributed by atoms with van der Waals surface area (Å²) < 4.78 is 5.55. The zero-order valence-corrected chi connectivity index (χ0v) is 16.0. The van der Waals surface area contributed by atoms with Gasteiger partial charge in [-0.2, -0.15) is 5.10 Å². The maximum Gasteiger partial charge on any atom is 0.206 e. The van der Waals surface area contributed by atoms with Crippen LogP contribution in [0.15, 0.2) is 59.0 Å². The average molecular weight is 363 g/mol. The van der Waals surface area contributed by atoms with Crippen molar-refractivity contribution in [1.82, 2.24) is 4.98 Å². The van der Waals surface area contributed by atoms with Crippen molar-refractivity contribution in [1.29, 1.82) is 0 Å². The highest BCUT2D eigenvalue weighted by Crippen LogP contribution is 2.39. The molecule has 5 heteroatoms. The number of hydrogen-bond acceptors (Lipinski definition) is 5. The van der Waals surface area contributed by atoms with Crippen molar-refractivity contribution in [2.75, 3.05) is 12.1 Å². The molecule has 4 rings (SSSR count). The minimum atomic E-state index is 0.140. The van der Waals surface area contributed by atoms with Crippen LogP contribution < -0.4 is 9.75 Å². The zero-order valence-electron chi connectivity index (χ0n) is 15.1. The molecular formula is C21H21N3OS. The number of aromatic nitrogens is 1. The lowest BCUT2D eigenvalue weighted by atomic mass is 9.97. The Bertz CT molecular complexity index is 946. The predicted molar refractivity (Wildman–Crippen MR) is 107 cm³/mol. The van der Waals surface area contributed by atoms with Gasteiger partial charge in [-0.15, -0.1) is 11.3 Å². The fourth-order valence-corrected chi connectivity index (χ4v) is 4.03. The van der Waals surface area contributed by atoms with Crippen LogP contribution in [-0.2, 0) is 0 Å². The minimum absolute atomic E-state index is 0.140. The van der Waals surface area contributed by atoms with Gasteiger partial charge in [0.25, 0.3) is 0 Å². The Morgan fingerprint density at radius 3 is 2.54 bits per heavy atom. The molecule has 0 amide bonds. The maximum absolute atomic E-state index is 5.55. The quantitative estimate of drug-likeness (QED) is 0.645. The second kappa shape index (κ2) is 6.92. The van der Waals surface area contributed by atoms with Crippen LogP contribution in [0.3, 0.4) is 0 Å². The summed E-state index contributed by atoms with van der Waals surface area (Å²) in [6.45, 7) is 4.12. The molecule has 0 saturated heterocycles. The summed E-state index contributed by atoms with van der Waals surface area (Å²) in [4.78, 5) is 4.66. The van der Waals surface area contributed by atoms with E-state index in [0.717, 1.165) is 34.3 Å². The molecule has 0 N–H and O–H groups in total. The van der Waals surface area contributed by atoms with Gasteiger partial charge >= 0.3 is 0 Å². The monoisotopic (exact) mass is 363 g/mol. The maximum atomic E-state index is 5.55. The molecule has 1 aromatic heterocycles. The first kappa shape index (κ1) is 16.8. The number of methoxy groups -OCH3 is 1. The van der Waals surface area contributed by atoms with Gasteiger partial charge in [-0.05, 0) is 31.5 Å². The summed E-state index contributed by atoms with van der Waals surface area (Å²) in [5, 5.41) is 10.0. The molecule has 132 valence electrons. The number of benzene rings is 2. The largest absolute Gasteiger partial charge is 0.496 e. The van der Waals surface area contributed by atoms with Crippen LogP contribution in [-0.4, -0.2) is 17.8 Å². The van der Waals surface area contributed by atoms with Gasteiger partial charge in [-0.25, -0.2) is 9.99 Å². The smallest absolute Gasteiger partial charge is 0.206 e. The van der Waals surface area contributed by atoms with Crippen LogP contribution in [0, 0.1) is 13.8 Å². The van der Waals surface area contributed by atoms with Gasteiger partial charge in [0, 0.05) is 17.4 Å². The molecule has 0 spiro atoms. The van der Waals surface area contributed by atoms with Crippen molar-refractivity contribution in [2.24, 2.45) is 5.10 Å². The average Bonchev–Trinajstić information content (AvgIpc) is 3.28. The topological polar surface area (TPSA) is 37.7 Å². The molecule has 0 saturated carbocycles. The SMILES string of the molecule is COc1ccccc1C1=NN(c2nc(C)cs2)C(c2ccc(C)cc2)C1. The molecule has 3 aromatic rings. The zero-order chi connectivity index (χ0) is 18.1. The highest BCUT2D eigenvalue weighted by atomic mass is 32.1. The van der Waals surface area contributed by atoms with Crippen LogP contribution in [0.4, 0.5) is 5.13 Å². The number of ether oxygens (including phenoxy) is 1. The number of aryl methyl sites for hydroxylation is 2.